The van der Waals surface area contributed by atoms with Gasteiger partial charge in [-0.2, -0.15) is 0 Å². The first-order valence-electron chi connectivity index (χ1n) is 6.68. The molecule has 0 spiro atoms. The van der Waals surface area contributed by atoms with Gasteiger partial charge in [0.2, 0.25) is 5.91 Å². The van der Waals surface area contributed by atoms with E-state index in [1.54, 1.807) is 14.2 Å². The molecule has 0 saturated heterocycles. The molecule has 0 fully saturated rings. The maximum atomic E-state index is 11.3. The molecule has 1 amide bonds. The Hall–Kier alpha value is -1.55. The number of methoxy groups -OCH3 is 1. The highest BCUT2D eigenvalue weighted by Gasteiger charge is 2.06. The fraction of sp³-hybridized carbons (Fsp3) is 0.533. The van der Waals surface area contributed by atoms with Crippen molar-refractivity contribution >= 4 is 5.91 Å². The molecule has 4 nitrogen and oxygen atoms in total. The largest absolute Gasteiger partial charge is 0.496 e. The second-order valence-electron chi connectivity index (χ2n) is 4.75. The predicted octanol–water partition coefficient (Wildman–Crippen LogP) is 2.28. The van der Waals surface area contributed by atoms with Crippen LogP contribution in [0.15, 0.2) is 12.1 Å². The highest BCUT2D eigenvalue weighted by Crippen LogP contribution is 2.24. The van der Waals surface area contributed by atoms with Crippen LogP contribution in [0.4, 0.5) is 0 Å². The number of hydrogen-bond acceptors (Lipinski definition) is 3. The van der Waals surface area contributed by atoms with Gasteiger partial charge in [0.15, 0.2) is 0 Å². The van der Waals surface area contributed by atoms with Crippen molar-refractivity contribution in [2.45, 2.75) is 39.5 Å². The van der Waals surface area contributed by atoms with Crippen molar-refractivity contribution in [3.05, 3.63) is 28.8 Å². The van der Waals surface area contributed by atoms with Gasteiger partial charge >= 0.3 is 0 Å². The first-order chi connectivity index (χ1) is 9.08. The Bertz CT molecular complexity index is 430. The average Bonchev–Trinajstić information content (AvgIpc) is 2.38. The van der Waals surface area contributed by atoms with Gasteiger partial charge in [-0.05, 0) is 55.9 Å². The number of ether oxygens (including phenoxy) is 1. The molecule has 4 heteroatoms. The molecule has 0 saturated carbocycles. The van der Waals surface area contributed by atoms with Gasteiger partial charge in [0.25, 0.3) is 0 Å². The minimum Gasteiger partial charge on any atom is -0.496 e. The highest BCUT2D eigenvalue weighted by molar-refractivity contribution is 5.75. The van der Waals surface area contributed by atoms with Gasteiger partial charge < -0.3 is 4.74 Å². The molecule has 1 aromatic rings. The van der Waals surface area contributed by atoms with Crippen molar-refractivity contribution in [3.63, 3.8) is 0 Å². The Labute approximate surface area is 115 Å². The van der Waals surface area contributed by atoms with Crippen molar-refractivity contribution in [2.24, 2.45) is 0 Å². The Kier molecular flexibility index (Phi) is 6.36. The van der Waals surface area contributed by atoms with Crippen LogP contribution in [0.25, 0.3) is 0 Å². The van der Waals surface area contributed by atoms with Gasteiger partial charge in [0, 0.05) is 13.5 Å². The van der Waals surface area contributed by atoms with E-state index in [-0.39, 0.29) is 5.91 Å². The quantitative estimate of drug-likeness (QED) is 0.587. The SMILES string of the molecule is CNNC(=O)CCCCc1cc(C)c(C)cc1OC. The zero-order valence-electron chi connectivity index (χ0n) is 12.3. The van der Waals surface area contributed by atoms with Crippen LogP contribution < -0.4 is 15.6 Å². The Morgan fingerprint density at radius 2 is 1.89 bits per heavy atom. The van der Waals surface area contributed by atoms with Gasteiger partial charge in [-0.3, -0.25) is 10.2 Å². The van der Waals surface area contributed by atoms with E-state index in [0.717, 1.165) is 25.0 Å². The number of rotatable bonds is 7. The topological polar surface area (TPSA) is 50.4 Å². The number of unbranched alkanes of at least 4 members (excludes halogenated alkanes) is 1. The lowest BCUT2D eigenvalue weighted by molar-refractivity contribution is -0.122. The van der Waals surface area contributed by atoms with Gasteiger partial charge in [0.1, 0.15) is 5.75 Å². The fourth-order valence-corrected chi connectivity index (χ4v) is 2.04. The van der Waals surface area contributed by atoms with Crippen molar-refractivity contribution in [1.82, 2.24) is 10.9 Å². The Morgan fingerprint density at radius 1 is 1.21 bits per heavy atom. The summed E-state index contributed by atoms with van der Waals surface area (Å²) in [5.41, 5.74) is 8.96. The minimum absolute atomic E-state index is 0.0366. The molecule has 106 valence electrons. The van der Waals surface area contributed by atoms with Crippen LogP contribution in [0.3, 0.4) is 0 Å². The fourth-order valence-electron chi connectivity index (χ4n) is 2.04. The van der Waals surface area contributed by atoms with Crippen molar-refractivity contribution < 1.29 is 9.53 Å². The summed E-state index contributed by atoms with van der Waals surface area (Å²) in [6.07, 6.45) is 3.35. The molecule has 0 heterocycles. The summed E-state index contributed by atoms with van der Waals surface area (Å²) < 4.78 is 5.41. The maximum absolute atomic E-state index is 11.3. The van der Waals surface area contributed by atoms with Crippen LogP contribution in [-0.2, 0) is 11.2 Å². The van der Waals surface area contributed by atoms with E-state index in [9.17, 15) is 4.79 Å². The summed E-state index contributed by atoms with van der Waals surface area (Å²) in [5.74, 6) is 0.984. The number of aryl methyl sites for hydroxylation is 3. The van der Waals surface area contributed by atoms with Crippen LogP contribution in [0.2, 0.25) is 0 Å². The van der Waals surface area contributed by atoms with Crippen LogP contribution in [0, 0.1) is 13.8 Å². The number of hydrazine groups is 1. The summed E-state index contributed by atoms with van der Waals surface area (Å²) in [5, 5.41) is 0. The first kappa shape index (κ1) is 15.5. The number of carbonyl (C=O) groups is 1. The number of benzene rings is 1. The van der Waals surface area contributed by atoms with E-state index in [4.69, 9.17) is 4.74 Å². The molecular weight excluding hydrogens is 240 g/mol. The monoisotopic (exact) mass is 264 g/mol. The maximum Gasteiger partial charge on any atom is 0.234 e. The van der Waals surface area contributed by atoms with E-state index in [0.29, 0.717) is 6.42 Å². The minimum atomic E-state index is 0.0366. The van der Waals surface area contributed by atoms with E-state index in [2.05, 4.69) is 36.8 Å². The molecule has 0 aliphatic rings. The van der Waals surface area contributed by atoms with E-state index in [1.807, 2.05) is 0 Å². The summed E-state index contributed by atoms with van der Waals surface area (Å²) in [6, 6.07) is 4.26. The van der Waals surface area contributed by atoms with Gasteiger partial charge in [0.05, 0.1) is 7.11 Å². The average molecular weight is 264 g/mol. The molecule has 0 aromatic heterocycles. The summed E-state index contributed by atoms with van der Waals surface area (Å²) in [6.45, 7) is 4.20. The smallest absolute Gasteiger partial charge is 0.234 e. The predicted molar refractivity (Wildman–Crippen MR) is 77.2 cm³/mol. The van der Waals surface area contributed by atoms with Crippen LogP contribution in [0.5, 0.6) is 5.75 Å². The summed E-state index contributed by atoms with van der Waals surface area (Å²) >= 11 is 0. The molecule has 0 atom stereocenters. The Morgan fingerprint density at radius 3 is 2.53 bits per heavy atom. The second kappa shape index (κ2) is 7.79. The molecule has 0 aliphatic carbocycles. The first-order valence-corrected chi connectivity index (χ1v) is 6.68. The zero-order valence-corrected chi connectivity index (χ0v) is 12.3. The molecule has 19 heavy (non-hydrogen) atoms. The molecule has 0 aliphatic heterocycles. The molecule has 1 aromatic carbocycles. The number of carbonyl (C=O) groups excluding carboxylic acids is 1. The normalized spacial score (nSPS) is 10.3. The van der Waals surface area contributed by atoms with Crippen LogP contribution >= 0.6 is 0 Å². The lowest BCUT2D eigenvalue weighted by Gasteiger charge is -2.11. The van der Waals surface area contributed by atoms with E-state index >= 15 is 0 Å². The van der Waals surface area contributed by atoms with Crippen molar-refractivity contribution in [3.8, 4) is 5.75 Å². The lowest BCUT2D eigenvalue weighted by atomic mass is 10.0. The molecule has 1 rings (SSSR count). The third-order valence-corrected chi connectivity index (χ3v) is 3.26. The Balaban J connectivity index is 2.49. The summed E-state index contributed by atoms with van der Waals surface area (Å²) in [7, 11) is 3.39. The van der Waals surface area contributed by atoms with Gasteiger partial charge in [-0.25, -0.2) is 5.43 Å². The number of amides is 1. The van der Waals surface area contributed by atoms with Crippen molar-refractivity contribution in [1.29, 1.82) is 0 Å². The van der Waals surface area contributed by atoms with E-state index in [1.165, 1.54) is 16.7 Å². The number of hydrogen-bond donors (Lipinski definition) is 2. The second-order valence-corrected chi connectivity index (χ2v) is 4.75. The molecular formula is C15H24N2O2. The lowest BCUT2D eigenvalue weighted by Crippen LogP contribution is -2.33. The van der Waals surface area contributed by atoms with Gasteiger partial charge in [-0.15, -0.1) is 0 Å². The van der Waals surface area contributed by atoms with Crippen LogP contribution in [-0.4, -0.2) is 20.1 Å². The van der Waals surface area contributed by atoms with Gasteiger partial charge in [-0.1, -0.05) is 6.07 Å². The molecule has 0 bridgehead atoms. The van der Waals surface area contributed by atoms with Crippen LogP contribution in [0.1, 0.15) is 36.0 Å². The zero-order chi connectivity index (χ0) is 14.3. The number of nitrogens with one attached hydrogen (secondary N) is 2. The standard InChI is InChI=1S/C15H24N2O2/c1-11-9-13(14(19-4)10-12(11)2)7-5-6-8-15(18)17-16-3/h9-10,16H,5-8H2,1-4H3,(H,17,18). The summed E-state index contributed by atoms with van der Waals surface area (Å²) in [4.78, 5) is 11.3. The molecule has 2 N–H and O–H groups in total. The third-order valence-electron chi connectivity index (χ3n) is 3.26. The highest BCUT2D eigenvalue weighted by atomic mass is 16.5. The molecule has 0 radical (unpaired) electrons. The van der Waals surface area contributed by atoms with Crippen molar-refractivity contribution in [2.75, 3.05) is 14.2 Å². The molecule has 0 unspecified atom stereocenters. The third kappa shape index (κ3) is 4.91. The van der Waals surface area contributed by atoms with E-state index < -0.39 is 0 Å².